The summed E-state index contributed by atoms with van der Waals surface area (Å²) >= 11 is 0. The first-order valence-electron chi connectivity index (χ1n) is 8.22. The molecule has 0 aliphatic carbocycles. The smallest absolute Gasteiger partial charge is 0.411 e. The Bertz CT molecular complexity index is 693. The zero-order valence-corrected chi connectivity index (χ0v) is 14.6. The van der Waals surface area contributed by atoms with Gasteiger partial charge in [-0.05, 0) is 45.7 Å². The van der Waals surface area contributed by atoms with Crippen molar-refractivity contribution in [2.45, 2.75) is 39.2 Å². The molecule has 0 heterocycles. The fraction of sp³-hybridized carbons (Fsp3) is 0.421. The zero-order chi connectivity index (χ0) is 17.6. The maximum absolute atomic E-state index is 11.9. The van der Waals surface area contributed by atoms with E-state index in [4.69, 9.17) is 15.2 Å². The van der Waals surface area contributed by atoms with Crippen molar-refractivity contribution >= 4 is 28.2 Å². The number of ether oxygens (including phenoxy) is 2. The molecule has 0 atom stereocenters. The number of nitrogen functional groups attached to an aromatic ring is 1. The maximum atomic E-state index is 11.9. The van der Waals surface area contributed by atoms with E-state index in [0.29, 0.717) is 24.6 Å². The zero-order valence-electron chi connectivity index (χ0n) is 14.6. The van der Waals surface area contributed by atoms with Crippen LogP contribution in [0.2, 0.25) is 0 Å². The van der Waals surface area contributed by atoms with Crippen molar-refractivity contribution in [1.82, 2.24) is 0 Å². The van der Waals surface area contributed by atoms with Crippen molar-refractivity contribution in [1.29, 1.82) is 0 Å². The number of hydrogen-bond acceptors (Lipinski definition) is 4. The fourth-order valence-corrected chi connectivity index (χ4v) is 2.34. The largest absolute Gasteiger partial charge is 0.449 e. The van der Waals surface area contributed by atoms with Crippen LogP contribution in [-0.2, 0) is 9.47 Å². The molecule has 0 aliphatic rings. The Hall–Kier alpha value is -2.27. The molecule has 5 heteroatoms. The standard InChI is InChI=1S/C19H26N2O3/c1-19(2,3)24-13-5-4-12-23-18(22)21-17-11-7-8-14-15(17)9-6-10-16(14)20/h6-11H,4-5,12-13,20H2,1-3H3,(H,21,22). The van der Waals surface area contributed by atoms with E-state index in [1.807, 2.05) is 57.2 Å². The average Bonchev–Trinajstić information content (AvgIpc) is 2.51. The van der Waals surface area contributed by atoms with Crippen molar-refractivity contribution < 1.29 is 14.3 Å². The number of carbonyl (C=O) groups is 1. The molecule has 0 aliphatic heterocycles. The maximum Gasteiger partial charge on any atom is 0.411 e. The van der Waals surface area contributed by atoms with E-state index in [1.165, 1.54) is 0 Å². The van der Waals surface area contributed by atoms with Gasteiger partial charge in [-0.1, -0.05) is 24.3 Å². The van der Waals surface area contributed by atoms with Gasteiger partial charge < -0.3 is 15.2 Å². The molecule has 1 amide bonds. The molecular formula is C19H26N2O3. The van der Waals surface area contributed by atoms with Gasteiger partial charge in [0, 0.05) is 23.1 Å². The molecule has 2 rings (SSSR count). The summed E-state index contributed by atoms with van der Waals surface area (Å²) in [7, 11) is 0. The molecule has 0 aromatic heterocycles. The number of nitrogens with one attached hydrogen (secondary N) is 1. The van der Waals surface area contributed by atoms with E-state index in [9.17, 15) is 4.79 Å². The van der Waals surface area contributed by atoms with E-state index in [0.717, 1.165) is 23.6 Å². The molecule has 130 valence electrons. The Labute approximate surface area is 143 Å². The third-order valence-corrected chi connectivity index (χ3v) is 3.50. The quantitative estimate of drug-likeness (QED) is 0.601. The molecule has 3 N–H and O–H groups in total. The van der Waals surface area contributed by atoms with E-state index in [1.54, 1.807) is 0 Å². The van der Waals surface area contributed by atoms with Crippen LogP contribution in [-0.4, -0.2) is 24.9 Å². The lowest BCUT2D eigenvalue weighted by atomic mass is 10.1. The second kappa shape index (κ2) is 8.02. The van der Waals surface area contributed by atoms with Crippen LogP contribution in [0, 0.1) is 0 Å². The highest BCUT2D eigenvalue weighted by Gasteiger charge is 2.10. The summed E-state index contributed by atoms with van der Waals surface area (Å²) in [6, 6.07) is 11.2. The van der Waals surface area contributed by atoms with E-state index < -0.39 is 6.09 Å². The highest BCUT2D eigenvalue weighted by molar-refractivity contribution is 6.04. The van der Waals surface area contributed by atoms with Crippen molar-refractivity contribution in [2.75, 3.05) is 24.3 Å². The molecular weight excluding hydrogens is 304 g/mol. The summed E-state index contributed by atoms with van der Waals surface area (Å²) in [5.41, 5.74) is 7.21. The first kappa shape index (κ1) is 18.1. The highest BCUT2D eigenvalue weighted by atomic mass is 16.5. The lowest BCUT2D eigenvalue weighted by Gasteiger charge is -2.19. The molecule has 0 saturated heterocycles. The number of amides is 1. The monoisotopic (exact) mass is 330 g/mol. The normalized spacial score (nSPS) is 11.5. The summed E-state index contributed by atoms with van der Waals surface area (Å²) in [4.78, 5) is 11.9. The highest BCUT2D eigenvalue weighted by Crippen LogP contribution is 2.27. The van der Waals surface area contributed by atoms with Crippen LogP contribution in [0.15, 0.2) is 36.4 Å². The SMILES string of the molecule is CC(C)(C)OCCCCOC(=O)Nc1cccc2c(N)cccc12. The second-order valence-corrected chi connectivity index (χ2v) is 6.68. The minimum atomic E-state index is -0.457. The first-order chi connectivity index (χ1) is 11.4. The van der Waals surface area contributed by atoms with Gasteiger partial charge in [-0.2, -0.15) is 0 Å². The number of nitrogens with two attached hydrogens (primary N) is 1. The molecule has 2 aromatic carbocycles. The van der Waals surface area contributed by atoms with Gasteiger partial charge in [0.2, 0.25) is 0 Å². The van der Waals surface area contributed by atoms with Crippen LogP contribution < -0.4 is 11.1 Å². The summed E-state index contributed by atoms with van der Waals surface area (Å²) in [6.45, 7) is 7.10. The molecule has 0 fully saturated rings. The van der Waals surface area contributed by atoms with Gasteiger partial charge in [0.25, 0.3) is 0 Å². The minimum absolute atomic E-state index is 0.131. The number of benzene rings is 2. The van der Waals surface area contributed by atoms with Crippen LogP contribution in [0.1, 0.15) is 33.6 Å². The average molecular weight is 330 g/mol. The molecule has 2 aromatic rings. The summed E-state index contributed by atoms with van der Waals surface area (Å²) in [5.74, 6) is 0. The summed E-state index contributed by atoms with van der Waals surface area (Å²) in [6.07, 6.45) is 1.17. The van der Waals surface area contributed by atoms with Crippen LogP contribution >= 0.6 is 0 Å². The predicted molar refractivity (Wildman–Crippen MR) is 98.3 cm³/mol. The predicted octanol–water partition coefficient (Wildman–Crippen LogP) is 4.57. The van der Waals surface area contributed by atoms with Gasteiger partial charge in [-0.3, -0.25) is 5.32 Å². The van der Waals surface area contributed by atoms with Crippen LogP contribution in [0.25, 0.3) is 10.8 Å². The molecule has 0 bridgehead atoms. The third-order valence-electron chi connectivity index (χ3n) is 3.50. The Kier molecular flexibility index (Phi) is 6.04. The second-order valence-electron chi connectivity index (χ2n) is 6.68. The Morgan fingerprint density at radius 1 is 1.04 bits per heavy atom. The number of anilines is 2. The van der Waals surface area contributed by atoms with Crippen molar-refractivity contribution in [3.63, 3.8) is 0 Å². The van der Waals surface area contributed by atoms with Crippen LogP contribution in [0.5, 0.6) is 0 Å². The summed E-state index contributed by atoms with van der Waals surface area (Å²) in [5, 5.41) is 4.59. The van der Waals surface area contributed by atoms with Crippen LogP contribution in [0.4, 0.5) is 16.2 Å². The third kappa shape index (κ3) is 5.42. The molecule has 0 saturated carbocycles. The topological polar surface area (TPSA) is 73.6 Å². The van der Waals surface area contributed by atoms with Crippen LogP contribution in [0.3, 0.4) is 0 Å². The molecule has 0 spiro atoms. The molecule has 0 radical (unpaired) electrons. The lowest BCUT2D eigenvalue weighted by Crippen LogP contribution is -2.20. The van der Waals surface area contributed by atoms with Gasteiger partial charge >= 0.3 is 6.09 Å². The lowest BCUT2D eigenvalue weighted by molar-refractivity contribution is -0.00602. The van der Waals surface area contributed by atoms with Gasteiger partial charge in [-0.15, -0.1) is 0 Å². The first-order valence-corrected chi connectivity index (χ1v) is 8.22. The Balaban J connectivity index is 1.80. The Morgan fingerprint density at radius 3 is 2.46 bits per heavy atom. The summed E-state index contributed by atoms with van der Waals surface area (Å²) < 4.78 is 10.8. The van der Waals surface area contributed by atoms with Gasteiger partial charge in [0.15, 0.2) is 0 Å². The number of rotatable bonds is 6. The van der Waals surface area contributed by atoms with Crippen molar-refractivity contribution in [3.05, 3.63) is 36.4 Å². The van der Waals surface area contributed by atoms with Crippen molar-refractivity contribution in [3.8, 4) is 0 Å². The van der Waals surface area contributed by atoms with Gasteiger partial charge in [-0.25, -0.2) is 4.79 Å². The molecule has 5 nitrogen and oxygen atoms in total. The number of fused-ring (bicyclic) bond motifs is 1. The van der Waals surface area contributed by atoms with E-state index >= 15 is 0 Å². The van der Waals surface area contributed by atoms with Gasteiger partial charge in [0.05, 0.1) is 17.9 Å². The number of carbonyl (C=O) groups excluding carboxylic acids is 1. The Morgan fingerprint density at radius 2 is 1.71 bits per heavy atom. The van der Waals surface area contributed by atoms with E-state index in [2.05, 4.69) is 5.32 Å². The van der Waals surface area contributed by atoms with E-state index in [-0.39, 0.29) is 5.60 Å². The number of hydrogen-bond donors (Lipinski definition) is 2. The molecule has 24 heavy (non-hydrogen) atoms. The molecule has 0 unspecified atom stereocenters. The minimum Gasteiger partial charge on any atom is -0.449 e. The number of unbranched alkanes of at least 4 members (excludes halogenated alkanes) is 1. The van der Waals surface area contributed by atoms with Gasteiger partial charge in [0.1, 0.15) is 0 Å². The van der Waals surface area contributed by atoms with Crippen molar-refractivity contribution in [2.24, 2.45) is 0 Å². The fourth-order valence-electron chi connectivity index (χ4n) is 2.34.